The van der Waals surface area contributed by atoms with Crippen molar-refractivity contribution in [2.24, 2.45) is 7.05 Å². The number of hydrogen-bond acceptors (Lipinski definition) is 1. The molecular weight excluding hydrogens is 279 g/mol. The number of aromatic nitrogens is 1. The molecule has 1 heterocycles. The van der Waals surface area contributed by atoms with Gasteiger partial charge in [0.05, 0.1) is 11.6 Å². The Kier molecular flexibility index (Phi) is 3.67. The highest BCUT2D eigenvalue weighted by Gasteiger charge is 2.16. The zero-order chi connectivity index (χ0) is 15.7. The van der Waals surface area contributed by atoms with E-state index in [9.17, 15) is 9.18 Å². The Bertz CT molecular complexity index is 838. The molecule has 1 amide bonds. The Morgan fingerprint density at radius 2 is 1.95 bits per heavy atom. The summed E-state index contributed by atoms with van der Waals surface area (Å²) in [7, 11) is 1.91. The molecular formula is C18H17FN2O. The van der Waals surface area contributed by atoms with Crippen LogP contribution < -0.4 is 5.32 Å². The molecule has 0 bridgehead atoms. The molecule has 0 spiro atoms. The molecule has 1 aromatic heterocycles. The van der Waals surface area contributed by atoms with Crippen molar-refractivity contribution in [3.05, 3.63) is 71.7 Å². The zero-order valence-corrected chi connectivity index (χ0v) is 12.5. The van der Waals surface area contributed by atoms with Crippen molar-refractivity contribution in [1.29, 1.82) is 0 Å². The van der Waals surface area contributed by atoms with Gasteiger partial charge in [0, 0.05) is 24.1 Å². The first-order chi connectivity index (χ1) is 10.6. The van der Waals surface area contributed by atoms with Crippen molar-refractivity contribution >= 4 is 16.8 Å². The number of para-hydroxylation sites is 1. The summed E-state index contributed by atoms with van der Waals surface area (Å²) in [6, 6.07) is 13.8. The first kappa shape index (κ1) is 14.3. The van der Waals surface area contributed by atoms with Crippen molar-refractivity contribution in [1.82, 2.24) is 9.88 Å². The molecule has 0 fully saturated rings. The summed E-state index contributed by atoms with van der Waals surface area (Å²) >= 11 is 0. The Labute approximate surface area is 128 Å². The minimum atomic E-state index is -0.302. The van der Waals surface area contributed by atoms with Crippen LogP contribution in [0.4, 0.5) is 4.39 Å². The summed E-state index contributed by atoms with van der Waals surface area (Å²) in [5.41, 5.74) is 2.38. The van der Waals surface area contributed by atoms with Gasteiger partial charge in [0.25, 0.3) is 5.91 Å². The maximum absolute atomic E-state index is 13.3. The second kappa shape index (κ2) is 5.64. The molecule has 4 heteroatoms. The lowest BCUT2D eigenvalue weighted by Gasteiger charge is -2.14. The van der Waals surface area contributed by atoms with Gasteiger partial charge in [-0.25, -0.2) is 4.39 Å². The maximum Gasteiger partial charge on any atom is 0.253 e. The summed E-state index contributed by atoms with van der Waals surface area (Å²) in [5.74, 6) is -0.461. The molecule has 0 radical (unpaired) electrons. The molecule has 2 aromatic carbocycles. The molecule has 3 aromatic rings. The molecule has 0 aliphatic rings. The van der Waals surface area contributed by atoms with Crippen LogP contribution in [0.25, 0.3) is 10.9 Å². The van der Waals surface area contributed by atoms with Crippen LogP contribution in [-0.2, 0) is 7.05 Å². The Morgan fingerprint density at radius 3 is 2.73 bits per heavy atom. The third-order valence-corrected chi connectivity index (χ3v) is 3.84. The van der Waals surface area contributed by atoms with Gasteiger partial charge in [0.15, 0.2) is 0 Å². The normalized spacial score (nSPS) is 12.3. The van der Waals surface area contributed by atoms with Gasteiger partial charge in [-0.05, 0) is 30.7 Å². The van der Waals surface area contributed by atoms with Gasteiger partial charge in [0.1, 0.15) is 5.82 Å². The molecule has 3 nitrogen and oxygen atoms in total. The van der Waals surface area contributed by atoms with Crippen molar-refractivity contribution in [2.45, 2.75) is 13.0 Å². The number of nitrogens with one attached hydrogen (secondary N) is 1. The van der Waals surface area contributed by atoms with E-state index in [2.05, 4.69) is 5.32 Å². The van der Waals surface area contributed by atoms with Crippen LogP contribution in [0, 0.1) is 5.82 Å². The quantitative estimate of drug-likeness (QED) is 0.783. The molecule has 1 unspecified atom stereocenters. The molecule has 22 heavy (non-hydrogen) atoms. The number of fused-ring (bicyclic) bond motifs is 1. The minimum absolute atomic E-state index is 0.159. The van der Waals surface area contributed by atoms with Crippen LogP contribution in [-0.4, -0.2) is 10.5 Å². The number of carbonyl (C=O) groups excluding carboxylic acids is 1. The summed E-state index contributed by atoms with van der Waals surface area (Å²) < 4.78 is 15.2. The van der Waals surface area contributed by atoms with Crippen LogP contribution in [0.1, 0.15) is 28.9 Å². The highest BCUT2D eigenvalue weighted by molar-refractivity contribution is 6.07. The Morgan fingerprint density at radius 1 is 1.18 bits per heavy atom. The maximum atomic E-state index is 13.3. The molecule has 1 N–H and O–H groups in total. The third-order valence-electron chi connectivity index (χ3n) is 3.84. The second-order valence-electron chi connectivity index (χ2n) is 5.42. The van der Waals surface area contributed by atoms with Gasteiger partial charge in [-0.2, -0.15) is 0 Å². The van der Waals surface area contributed by atoms with E-state index in [0.717, 1.165) is 16.5 Å². The van der Waals surface area contributed by atoms with Gasteiger partial charge in [-0.15, -0.1) is 0 Å². The second-order valence-corrected chi connectivity index (χ2v) is 5.42. The largest absolute Gasteiger partial charge is 0.350 e. The topological polar surface area (TPSA) is 34.0 Å². The van der Waals surface area contributed by atoms with Gasteiger partial charge < -0.3 is 9.88 Å². The lowest BCUT2D eigenvalue weighted by Crippen LogP contribution is -2.26. The lowest BCUT2D eigenvalue weighted by molar-refractivity contribution is 0.0941. The fraction of sp³-hybridized carbons (Fsp3) is 0.167. The molecule has 3 rings (SSSR count). The van der Waals surface area contributed by atoms with E-state index in [-0.39, 0.29) is 17.8 Å². The Balaban J connectivity index is 1.87. The van der Waals surface area contributed by atoms with Crippen molar-refractivity contribution in [3.8, 4) is 0 Å². The number of benzene rings is 2. The molecule has 0 saturated carbocycles. The molecule has 1 atom stereocenters. The molecule has 0 saturated heterocycles. The number of halogens is 1. The van der Waals surface area contributed by atoms with E-state index in [0.29, 0.717) is 5.56 Å². The van der Waals surface area contributed by atoms with E-state index in [4.69, 9.17) is 0 Å². The van der Waals surface area contributed by atoms with Crippen LogP contribution in [0.2, 0.25) is 0 Å². The number of carbonyl (C=O) groups is 1. The van der Waals surface area contributed by atoms with E-state index < -0.39 is 0 Å². The van der Waals surface area contributed by atoms with Crippen LogP contribution in [0.5, 0.6) is 0 Å². The van der Waals surface area contributed by atoms with E-state index in [1.807, 2.05) is 49.0 Å². The van der Waals surface area contributed by atoms with Crippen molar-refractivity contribution in [2.75, 3.05) is 0 Å². The van der Waals surface area contributed by atoms with E-state index >= 15 is 0 Å². The van der Waals surface area contributed by atoms with Crippen LogP contribution >= 0.6 is 0 Å². The Hall–Kier alpha value is -2.62. The van der Waals surface area contributed by atoms with Crippen molar-refractivity contribution < 1.29 is 9.18 Å². The first-order valence-electron chi connectivity index (χ1n) is 7.16. The SMILES string of the molecule is CC(NC(=O)c1cn(C)c2ccccc12)c1cccc(F)c1. The van der Waals surface area contributed by atoms with Gasteiger partial charge >= 0.3 is 0 Å². The average molecular weight is 296 g/mol. The highest BCUT2D eigenvalue weighted by Crippen LogP contribution is 2.21. The zero-order valence-electron chi connectivity index (χ0n) is 12.5. The molecule has 0 aliphatic carbocycles. The third kappa shape index (κ3) is 2.60. The smallest absolute Gasteiger partial charge is 0.253 e. The predicted octanol–water partition coefficient (Wildman–Crippen LogP) is 3.81. The summed E-state index contributed by atoms with van der Waals surface area (Å²) in [6.45, 7) is 1.85. The van der Waals surface area contributed by atoms with E-state index in [1.165, 1.54) is 12.1 Å². The summed E-state index contributed by atoms with van der Waals surface area (Å²) in [6.07, 6.45) is 1.82. The fourth-order valence-corrected chi connectivity index (χ4v) is 2.66. The predicted molar refractivity (Wildman–Crippen MR) is 85.2 cm³/mol. The highest BCUT2D eigenvalue weighted by atomic mass is 19.1. The lowest BCUT2D eigenvalue weighted by atomic mass is 10.1. The number of hydrogen-bond donors (Lipinski definition) is 1. The fourth-order valence-electron chi connectivity index (χ4n) is 2.66. The minimum Gasteiger partial charge on any atom is -0.350 e. The summed E-state index contributed by atoms with van der Waals surface area (Å²) in [5, 5.41) is 3.84. The van der Waals surface area contributed by atoms with Gasteiger partial charge in [-0.1, -0.05) is 30.3 Å². The molecule has 0 aliphatic heterocycles. The monoisotopic (exact) mass is 296 g/mol. The number of amides is 1. The van der Waals surface area contributed by atoms with Crippen molar-refractivity contribution in [3.63, 3.8) is 0 Å². The van der Waals surface area contributed by atoms with Crippen LogP contribution in [0.3, 0.4) is 0 Å². The van der Waals surface area contributed by atoms with E-state index in [1.54, 1.807) is 12.1 Å². The molecule has 112 valence electrons. The standard InChI is InChI=1S/C18H17FN2O/c1-12(13-6-5-7-14(19)10-13)20-18(22)16-11-21(2)17-9-4-3-8-15(16)17/h3-12H,1-2H3,(H,20,22). The first-order valence-corrected chi connectivity index (χ1v) is 7.16. The average Bonchev–Trinajstić information content (AvgIpc) is 2.85. The van der Waals surface area contributed by atoms with Gasteiger partial charge in [0.2, 0.25) is 0 Å². The number of nitrogens with zero attached hydrogens (tertiary/aromatic N) is 1. The number of aryl methyl sites for hydroxylation is 1. The van der Waals surface area contributed by atoms with Crippen LogP contribution in [0.15, 0.2) is 54.7 Å². The summed E-state index contributed by atoms with van der Waals surface area (Å²) in [4.78, 5) is 12.5. The van der Waals surface area contributed by atoms with Gasteiger partial charge in [-0.3, -0.25) is 4.79 Å². The number of rotatable bonds is 3.